The molecule has 0 nitrogen and oxygen atoms in total. The quantitative estimate of drug-likeness (QED) is 0.433. The molecule has 0 fully saturated rings. The van der Waals surface area contributed by atoms with Gasteiger partial charge in [0.1, 0.15) is 0 Å². The van der Waals surface area contributed by atoms with E-state index in [0.717, 1.165) is 0 Å². The first-order valence-corrected chi connectivity index (χ1v) is 5.86. The van der Waals surface area contributed by atoms with Crippen LogP contribution in [0.15, 0.2) is 12.1 Å². The van der Waals surface area contributed by atoms with Crippen molar-refractivity contribution in [3.8, 4) is 0 Å². The molecule has 0 bridgehead atoms. The number of hydrogen-bond acceptors (Lipinski definition) is 0. The molecule has 0 spiro atoms. The Morgan fingerprint density at radius 2 is 1.50 bits per heavy atom. The second-order valence-corrected chi connectivity index (χ2v) is 4.92. The Labute approximate surface area is 131 Å². The molecular formula is C17H23Hf-3. The third kappa shape index (κ3) is 2.39. The Morgan fingerprint density at radius 3 is 2.11 bits per heavy atom. The summed E-state index contributed by atoms with van der Waals surface area (Å²) in [4.78, 5) is 0. The molecule has 18 heavy (non-hydrogen) atoms. The number of hydrogen-bond donors (Lipinski definition) is 0. The van der Waals surface area contributed by atoms with Gasteiger partial charge in [-0.1, -0.05) is 30.5 Å². The van der Waals surface area contributed by atoms with Crippen LogP contribution in [0, 0.1) is 35.6 Å². The summed E-state index contributed by atoms with van der Waals surface area (Å²) in [5.41, 5.74) is 7.77. The van der Waals surface area contributed by atoms with Gasteiger partial charge < -0.3 is 14.9 Å². The molecule has 2 aromatic rings. The summed E-state index contributed by atoms with van der Waals surface area (Å²) in [6.07, 6.45) is 3.94. The minimum atomic E-state index is 0. The molecule has 1 aliphatic rings. The Hall–Kier alpha value is -0.300. The maximum absolute atomic E-state index is 2.34. The van der Waals surface area contributed by atoms with Gasteiger partial charge in [-0.25, -0.2) is 0 Å². The van der Waals surface area contributed by atoms with E-state index < -0.39 is 0 Å². The molecule has 2 aromatic carbocycles. The van der Waals surface area contributed by atoms with Crippen LogP contribution in [0.1, 0.15) is 34.2 Å². The van der Waals surface area contributed by atoms with Gasteiger partial charge in [0.05, 0.1) is 0 Å². The third-order valence-corrected chi connectivity index (χ3v) is 3.97. The molecule has 0 aliphatic heterocycles. The van der Waals surface area contributed by atoms with E-state index in [1.807, 2.05) is 0 Å². The molecule has 0 N–H and O–H groups in total. The zero-order chi connectivity index (χ0) is 10.6. The molecule has 0 amide bonds. The Morgan fingerprint density at radius 1 is 0.944 bits per heavy atom. The van der Waals surface area contributed by atoms with Crippen molar-refractivity contribution in [2.75, 3.05) is 0 Å². The van der Waals surface area contributed by atoms with Gasteiger partial charge in [0.25, 0.3) is 0 Å². The molecule has 0 unspecified atom stereocenters. The van der Waals surface area contributed by atoms with Crippen LogP contribution in [0.25, 0.3) is 10.8 Å². The largest absolute Gasteiger partial charge is 0.358 e. The Balaban J connectivity index is 0.000000963. The Kier molecular flexibility index (Phi) is 6.13. The van der Waals surface area contributed by atoms with Crippen LogP contribution in [0.5, 0.6) is 0 Å². The van der Waals surface area contributed by atoms with E-state index in [1.54, 1.807) is 11.1 Å². The van der Waals surface area contributed by atoms with E-state index >= 15 is 0 Å². The van der Waals surface area contributed by atoms with Crippen LogP contribution in [-0.4, -0.2) is 0 Å². The van der Waals surface area contributed by atoms with Crippen molar-refractivity contribution < 1.29 is 25.8 Å². The second-order valence-electron chi connectivity index (χ2n) is 4.92. The molecule has 0 radical (unpaired) electrons. The van der Waals surface area contributed by atoms with Gasteiger partial charge >= 0.3 is 0 Å². The SMILES string of the molecule is Cc1cc2c(C)c3c(c(C)c2[cH-]1)CCC3.[CH3-].[CH3-].[Hf]. The van der Waals surface area contributed by atoms with E-state index in [4.69, 9.17) is 0 Å². The summed E-state index contributed by atoms with van der Waals surface area (Å²) in [5, 5.41) is 2.98. The fourth-order valence-electron chi connectivity index (χ4n) is 3.17. The van der Waals surface area contributed by atoms with Crippen molar-refractivity contribution in [1.82, 2.24) is 0 Å². The van der Waals surface area contributed by atoms with Crippen molar-refractivity contribution in [2.24, 2.45) is 0 Å². The molecule has 3 rings (SSSR count). The van der Waals surface area contributed by atoms with E-state index in [2.05, 4.69) is 32.9 Å². The number of rotatable bonds is 0. The normalized spacial score (nSPS) is 12.4. The van der Waals surface area contributed by atoms with Gasteiger partial charge in [-0.3, -0.25) is 0 Å². The summed E-state index contributed by atoms with van der Waals surface area (Å²) >= 11 is 0. The first kappa shape index (κ1) is 17.7. The summed E-state index contributed by atoms with van der Waals surface area (Å²) in [6, 6.07) is 4.69. The molecule has 0 atom stereocenters. The van der Waals surface area contributed by atoms with Gasteiger partial charge in [-0.2, -0.15) is 6.07 Å². The van der Waals surface area contributed by atoms with Gasteiger partial charge in [0.2, 0.25) is 0 Å². The van der Waals surface area contributed by atoms with Gasteiger partial charge in [0.15, 0.2) is 0 Å². The van der Waals surface area contributed by atoms with Crippen LogP contribution in [0.4, 0.5) is 0 Å². The monoisotopic (exact) mass is 407 g/mol. The fraction of sp³-hybridized carbons (Fsp3) is 0.353. The number of fused-ring (bicyclic) bond motifs is 2. The maximum atomic E-state index is 2.34. The zero-order valence-electron chi connectivity index (χ0n) is 12.3. The van der Waals surface area contributed by atoms with Crippen LogP contribution >= 0.6 is 0 Å². The van der Waals surface area contributed by atoms with E-state index in [-0.39, 0.29) is 40.7 Å². The van der Waals surface area contributed by atoms with Crippen molar-refractivity contribution in [1.29, 1.82) is 0 Å². The maximum Gasteiger partial charge on any atom is 0 e. The van der Waals surface area contributed by atoms with Crippen molar-refractivity contribution in [3.05, 3.63) is 54.8 Å². The van der Waals surface area contributed by atoms with E-state index in [9.17, 15) is 0 Å². The van der Waals surface area contributed by atoms with Gasteiger partial charge in [-0.05, 0) is 26.2 Å². The van der Waals surface area contributed by atoms with Crippen molar-refractivity contribution in [2.45, 2.75) is 40.0 Å². The standard InChI is InChI=1S/C15H17.2CH3.Hf/c1-9-7-14-10(2)12-5-4-6-13(12)11(3)15(14)8-9;;;/h7-8H,4-6H2,1-3H3;2*1H3;/q3*-1;. The predicted molar refractivity (Wildman–Crippen MR) is 78.6 cm³/mol. The predicted octanol–water partition coefficient (Wildman–Crippen LogP) is 4.87. The molecule has 0 aromatic heterocycles. The van der Waals surface area contributed by atoms with E-state index in [1.165, 1.54) is 46.7 Å². The van der Waals surface area contributed by atoms with Crippen LogP contribution in [0.3, 0.4) is 0 Å². The van der Waals surface area contributed by atoms with Crippen LogP contribution in [-0.2, 0) is 38.7 Å². The molecular weight excluding hydrogens is 383 g/mol. The summed E-state index contributed by atoms with van der Waals surface area (Å²) < 4.78 is 0. The minimum Gasteiger partial charge on any atom is -0.358 e. The second kappa shape index (κ2) is 6.23. The fourth-order valence-corrected chi connectivity index (χ4v) is 3.17. The molecule has 1 aliphatic carbocycles. The number of benzene rings is 1. The molecule has 0 saturated carbocycles. The van der Waals surface area contributed by atoms with Crippen molar-refractivity contribution >= 4 is 10.8 Å². The average molecular weight is 406 g/mol. The third-order valence-electron chi connectivity index (χ3n) is 3.97. The average Bonchev–Trinajstić information content (AvgIpc) is 2.79. The number of aryl methyl sites for hydroxylation is 3. The van der Waals surface area contributed by atoms with Gasteiger partial charge in [0, 0.05) is 25.8 Å². The first-order chi connectivity index (χ1) is 7.18. The van der Waals surface area contributed by atoms with E-state index in [0.29, 0.717) is 0 Å². The zero-order valence-corrected chi connectivity index (χ0v) is 15.9. The van der Waals surface area contributed by atoms with Crippen molar-refractivity contribution in [3.63, 3.8) is 0 Å². The molecule has 98 valence electrons. The van der Waals surface area contributed by atoms with Gasteiger partial charge in [-0.15, -0.1) is 28.0 Å². The first-order valence-electron chi connectivity index (χ1n) is 5.86. The summed E-state index contributed by atoms with van der Waals surface area (Å²) in [7, 11) is 0. The smallest absolute Gasteiger partial charge is 0 e. The molecule has 0 heterocycles. The molecule has 1 heteroatoms. The topological polar surface area (TPSA) is 0 Å². The minimum absolute atomic E-state index is 0. The molecule has 0 saturated heterocycles. The summed E-state index contributed by atoms with van der Waals surface area (Å²) in [6.45, 7) is 6.79. The Bertz CT molecular complexity index is 499. The summed E-state index contributed by atoms with van der Waals surface area (Å²) in [5.74, 6) is 0. The van der Waals surface area contributed by atoms with Crippen LogP contribution < -0.4 is 0 Å². The van der Waals surface area contributed by atoms with Crippen LogP contribution in [0.2, 0.25) is 0 Å².